The van der Waals surface area contributed by atoms with Crippen molar-refractivity contribution in [3.63, 3.8) is 0 Å². The molecule has 0 radical (unpaired) electrons. The first-order chi connectivity index (χ1) is 15.3. The lowest BCUT2D eigenvalue weighted by Gasteiger charge is -2.09. The predicted molar refractivity (Wildman–Crippen MR) is 126 cm³/mol. The summed E-state index contributed by atoms with van der Waals surface area (Å²) in [6.07, 6.45) is 3.44. The number of aromatic nitrogens is 2. The van der Waals surface area contributed by atoms with Crippen LogP contribution in [0, 0.1) is 39.3 Å². The van der Waals surface area contributed by atoms with Crippen LogP contribution < -0.4 is 0 Å². The number of nitrogens with zero attached hydrogens (tertiary/aromatic N) is 4. The maximum absolute atomic E-state index is 13.3. The summed E-state index contributed by atoms with van der Waals surface area (Å²) in [6, 6.07) is 16.9. The second-order valence-electron chi connectivity index (χ2n) is 7.77. The van der Waals surface area contributed by atoms with Crippen molar-refractivity contribution < 1.29 is 8.78 Å². The van der Waals surface area contributed by atoms with Crippen LogP contribution in [0.3, 0.4) is 0 Å². The molecular formula is C26H24F2N4. The number of benzene rings is 2. The van der Waals surface area contributed by atoms with E-state index >= 15 is 0 Å². The van der Waals surface area contributed by atoms with Gasteiger partial charge in [-0.3, -0.25) is 0 Å². The van der Waals surface area contributed by atoms with Crippen LogP contribution >= 0.6 is 0 Å². The molecule has 32 heavy (non-hydrogen) atoms. The van der Waals surface area contributed by atoms with E-state index in [1.165, 1.54) is 24.3 Å². The Morgan fingerprint density at radius 1 is 0.594 bits per heavy atom. The van der Waals surface area contributed by atoms with E-state index in [4.69, 9.17) is 0 Å². The second-order valence-corrected chi connectivity index (χ2v) is 7.77. The summed E-state index contributed by atoms with van der Waals surface area (Å²) >= 11 is 0. The summed E-state index contributed by atoms with van der Waals surface area (Å²) in [7, 11) is 0. The fraction of sp³-hybridized carbons (Fsp3) is 0.154. The minimum absolute atomic E-state index is 0.258. The zero-order chi connectivity index (χ0) is 22.8. The van der Waals surface area contributed by atoms with Gasteiger partial charge in [-0.2, -0.15) is 10.2 Å². The Hall–Kier alpha value is -3.80. The molecular weight excluding hydrogens is 406 g/mol. The van der Waals surface area contributed by atoms with Gasteiger partial charge in [0.15, 0.2) is 0 Å². The third-order valence-corrected chi connectivity index (χ3v) is 5.57. The van der Waals surface area contributed by atoms with Gasteiger partial charge >= 0.3 is 0 Å². The van der Waals surface area contributed by atoms with E-state index in [-0.39, 0.29) is 11.6 Å². The fourth-order valence-electron chi connectivity index (χ4n) is 4.00. The smallest absolute Gasteiger partial charge is 0.123 e. The summed E-state index contributed by atoms with van der Waals surface area (Å²) in [5, 5.41) is 8.47. The van der Waals surface area contributed by atoms with Crippen LogP contribution in [0.15, 0.2) is 70.9 Å². The highest BCUT2D eigenvalue weighted by Gasteiger charge is 2.11. The summed E-state index contributed by atoms with van der Waals surface area (Å²) in [6.45, 7) is 8.00. The standard InChI is InChI=1S/C26H24F2N4/c1-17-13-21(19(3)31(17)25-9-5-23(27)6-10-25)15-29-30-16-22-14-18(2)32(20(22)4)26-11-7-24(28)8-12-26/h5-16H,1-4H3/b29-15-,30-16?. The van der Waals surface area contributed by atoms with Gasteiger partial charge in [0.1, 0.15) is 11.6 Å². The Bertz CT molecular complexity index is 1200. The monoisotopic (exact) mass is 430 g/mol. The Kier molecular flexibility index (Phi) is 5.86. The van der Waals surface area contributed by atoms with Crippen molar-refractivity contribution in [2.75, 3.05) is 0 Å². The van der Waals surface area contributed by atoms with Crippen molar-refractivity contribution in [3.05, 3.63) is 106 Å². The molecule has 0 bridgehead atoms. The molecule has 0 saturated heterocycles. The predicted octanol–water partition coefficient (Wildman–Crippen LogP) is 6.23. The Morgan fingerprint density at radius 3 is 1.28 bits per heavy atom. The average molecular weight is 431 g/mol. The normalized spacial score (nSPS) is 11.8. The largest absolute Gasteiger partial charge is 0.318 e. The highest BCUT2D eigenvalue weighted by atomic mass is 19.1. The van der Waals surface area contributed by atoms with E-state index in [0.29, 0.717) is 0 Å². The molecule has 4 rings (SSSR count). The minimum Gasteiger partial charge on any atom is -0.318 e. The number of aryl methyl sites for hydroxylation is 2. The number of rotatable bonds is 5. The van der Waals surface area contributed by atoms with Crippen molar-refractivity contribution in [2.24, 2.45) is 10.2 Å². The number of hydrogen-bond acceptors (Lipinski definition) is 2. The van der Waals surface area contributed by atoms with Gasteiger partial charge in [-0.1, -0.05) is 0 Å². The van der Waals surface area contributed by atoms with E-state index in [0.717, 1.165) is 45.3 Å². The molecule has 0 aliphatic rings. The van der Waals surface area contributed by atoms with E-state index in [2.05, 4.69) is 19.3 Å². The van der Waals surface area contributed by atoms with Crippen LogP contribution in [0.5, 0.6) is 0 Å². The molecule has 2 aromatic heterocycles. The molecule has 4 aromatic rings. The van der Waals surface area contributed by atoms with Gasteiger partial charge in [-0.05, 0) is 88.4 Å². The highest BCUT2D eigenvalue weighted by molar-refractivity contribution is 5.85. The third kappa shape index (κ3) is 4.17. The van der Waals surface area contributed by atoms with Crippen molar-refractivity contribution >= 4 is 12.4 Å². The quantitative estimate of drug-likeness (QED) is 0.266. The molecule has 162 valence electrons. The molecule has 2 aromatic carbocycles. The topological polar surface area (TPSA) is 34.6 Å². The molecule has 0 amide bonds. The molecule has 0 aliphatic carbocycles. The van der Waals surface area contributed by atoms with Crippen molar-refractivity contribution in [1.82, 2.24) is 9.13 Å². The number of halogens is 2. The molecule has 0 unspecified atom stereocenters. The molecule has 0 fully saturated rings. The summed E-state index contributed by atoms with van der Waals surface area (Å²) in [5.74, 6) is -0.516. The summed E-state index contributed by atoms with van der Waals surface area (Å²) < 4.78 is 30.6. The van der Waals surface area contributed by atoms with Crippen LogP contribution in [0.2, 0.25) is 0 Å². The van der Waals surface area contributed by atoms with Crippen molar-refractivity contribution in [3.8, 4) is 11.4 Å². The average Bonchev–Trinajstić information content (AvgIpc) is 3.21. The van der Waals surface area contributed by atoms with E-state index < -0.39 is 0 Å². The summed E-state index contributed by atoms with van der Waals surface area (Å²) in [5.41, 5.74) is 7.76. The zero-order valence-electron chi connectivity index (χ0n) is 18.5. The van der Waals surface area contributed by atoms with E-state index in [1.54, 1.807) is 36.7 Å². The SMILES string of the molecule is Cc1cc(C=N/N=C\c2cc(C)n(-c3ccc(F)cc3)c2C)c(C)n1-c1ccc(F)cc1. The first kappa shape index (κ1) is 21.4. The Morgan fingerprint density at radius 2 is 0.938 bits per heavy atom. The molecule has 2 heterocycles. The summed E-state index contributed by atoms with van der Waals surface area (Å²) in [4.78, 5) is 0. The molecule has 6 heteroatoms. The van der Waals surface area contributed by atoms with Crippen LogP contribution in [-0.2, 0) is 0 Å². The van der Waals surface area contributed by atoms with Crippen molar-refractivity contribution in [2.45, 2.75) is 27.7 Å². The number of hydrogen-bond donors (Lipinski definition) is 0. The maximum atomic E-state index is 13.3. The molecule has 4 nitrogen and oxygen atoms in total. The third-order valence-electron chi connectivity index (χ3n) is 5.57. The first-order valence-corrected chi connectivity index (χ1v) is 10.3. The van der Waals surface area contributed by atoms with Crippen LogP contribution in [0.1, 0.15) is 33.9 Å². The van der Waals surface area contributed by atoms with E-state index in [9.17, 15) is 8.78 Å². The second kappa shape index (κ2) is 8.75. The Labute approximate surface area is 186 Å². The van der Waals surface area contributed by atoms with Gasteiger partial charge in [-0.15, -0.1) is 0 Å². The van der Waals surface area contributed by atoms with Crippen molar-refractivity contribution in [1.29, 1.82) is 0 Å². The molecule has 0 aliphatic heterocycles. The van der Waals surface area contributed by atoms with Gasteiger partial charge < -0.3 is 9.13 Å². The maximum Gasteiger partial charge on any atom is 0.123 e. The molecule has 0 spiro atoms. The van der Waals surface area contributed by atoms with E-state index in [1.807, 2.05) is 39.8 Å². The highest BCUT2D eigenvalue weighted by Crippen LogP contribution is 2.21. The van der Waals surface area contributed by atoms with Gasteiger partial charge in [0, 0.05) is 45.3 Å². The van der Waals surface area contributed by atoms with Crippen LogP contribution in [-0.4, -0.2) is 21.6 Å². The Balaban J connectivity index is 1.56. The molecule has 0 atom stereocenters. The minimum atomic E-state index is -0.258. The van der Waals surface area contributed by atoms with Gasteiger partial charge in [0.05, 0.1) is 12.4 Å². The molecule has 0 N–H and O–H groups in total. The zero-order valence-corrected chi connectivity index (χ0v) is 18.5. The fourth-order valence-corrected chi connectivity index (χ4v) is 4.00. The van der Waals surface area contributed by atoms with Crippen LogP contribution in [0.4, 0.5) is 8.78 Å². The lowest BCUT2D eigenvalue weighted by atomic mass is 10.2. The van der Waals surface area contributed by atoms with Crippen LogP contribution in [0.25, 0.3) is 11.4 Å². The van der Waals surface area contributed by atoms with Gasteiger partial charge in [0.25, 0.3) is 0 Å². The van der Waals surface area contributed by atoms with Gasteiger partial charge in [0.2, 0.25) is 0 Å². The lowest BCUT2D eigenvalue weighted by molar-refractivity contribution is 0.627. The van der Waals surface area contributed by atoms with Gasteiger partial charge in [-0.25, -0.2) is 8.78 Å². The molecule has 0 saturated carbocycles. The lowest BCUT2D eigenvalue weighted by Crippen LogP contribution is -1.99. The first-order valence-electron chi connectivity index (χ1n) is 10.3.